The van der Waals surface area contributed by atoms with Crippen molar-refractivity contribution in [3.8, 4) is 0 Å². The quantitative estimate of drug-likeness (QED) is 0.886. The molecule has 3 nitrogen and oxygen atoms in total. The predicted molar refractivity (Wildman–Crippen MR) is 80.5 cm³/mol. The lowest BCUT2D eigenvalue weighted by molar-refractivity contribution is 0.0526. The Labute approximate surface area is 116 Å². The van der Waals surface area contributed by atoms with Crippen molar-refractivity contribution in [3.05, 3.63) is 29.8 Å². The molecule has 1 aliphatic rings. The highest BCUT2D eigenvalue weighted by Gasteiger charge is 2.22. The van der Waals surface area contributed by atoms with Crippen LogP contribution in [0.1, 0.15) is 44.7 Å². The van der Waals surface area contributed by atoms with Gasteiger partial charge in [-0.15, -0.1) is 0 Å². The molecule has 1 heterocycles. The zero-order chi connectivity index (χ0) is 13.7. The third-order valence-corrected chi connectivity index (χ3v) is 3.90. The minimum atomic E-state index is 0.128. The summed E-state index contributed by atoms with van der Waals surface area (Å²) in [5.41, 5.74) is 8.80. The minimum absolute atomic E-state index is 0.128. The molecule has 0 spiro atoms. The standard InChI is InChI=1S/C16H26N2O/c1-3-15(17)14-9-5-6-10-16(14)18-11-7-8-13(12-18)19-4-2/h5-6,9-10,13,15H,3-4,7-8,11-12,17H2,1-2H3/t13?,15-/m0/s1. The smallest absolute Gasteiger partial charge is 0.0750 e. The Hall–Kier alpha value is -1.06. The first-order valence-electron chi connectivity index (χ1n) is 7.47. The molecule has 3 heteroatoms. The van der Waals surface area contributed by atoms with Crippen LogP contribution < -0.4 is 10.6 Å². The Balaban J connectivity index is 2.16. The topological polar surface area (TPSA) is 38.5 Å². The highest BCUT2D eigenvalue weighted by molar-refractivity contribution is 5.55. The summed E-state index contributed by atoms with van der Waals surface area (Å²) < 4.78 is 5.79. The number of para-hydroxylation sites is 1. The fraction of sp³-hybridized carbons (Fsp3) is 0.625. The third kappa shape index (κ3) is 3.48. The van der Waals surface area contributed by atoms with E-state index >= 15 is 0 Å². The van der Waals surface area contributed by atoms with E-state index in [0.717, 1.165) is 26.1 Å². The maximum atomic E-state index is 6.24. The molecule has 2 rings (SSSR count). The van der Waals surface area contributed by atoms with Gasteiger partial charge in [0.25, 0.3) is 0 Å². The first-order chi connectivity index (χ1) is 9.26. The zero-order valence-electron chi connectivity index (χ0n) is 12.1. The van der Waals surface area contributed by atoms with Crippen LogP contribution in [0.15, 0.2) is 24.3 Å². The van der Waals surface area contributed by atoms with Crippen LogP contribution >= 0.6 is 0 Å². The number of hydrogen-bond acceptors (Lipinski definition) is 3. The molecule has 0 saturated carbocycles. The molecule has 0 radical (unpaired) electrons. The van der Waals surface area contributed by atoms with Crippen LogP contribution in [0.2, 0.25) is 0 Å². The molecule has 1 aromatic rings. The van der Waals surface area contributed by atoms with Gasteiger partial charge in [-0.25, -0.2) is 0 Å². The molecular formula is C16H26N2O. The average Bonchev–Trinajstić information content (AvgIpc) is 2.47. The van der Waals surface area contributed by atoms with E-state index < -0.39 is 0 Å². The van der Waals surface area contributed by atoms with Gasteiger partial charge in [0.2, 0.25) is 0 Å². The minimum Gasteiger partial charge on any atom is -0.377 e. The summed E-state index contributed by atoms with van der Waals surface area (Å²) in [5, 5.41) is 0. The second-order valence-electron chi connectivity index (χ2n) is 5.24. The lowest BCUT2D eigenvalue weighted by Gasteiger charge is -2.36. The van der Waals surface area contributed by atoms with Crippen molar-refractivity contribution in [2.45, 2.75) is 45.3 Å². The number of rotatable bonds is 5. The number of nitrogens with two attached hydrogens (primary N) is 1. The van der Waals surface area contributed by atoms with Gasteiger partial charge >= 0.3 is 0 Å². The maximum Gasteiger partial charge on any atom is 0.0750 e. The molecular weight excluding hydrogens is 236 g/mol. The van der Waals surface area contributed by atoms with Gasteiger partial charge in [-0.05, 0) is 37.8 Å². The Morgan fingerprint density at radius 3 is 2.89 bits per heavy atom. The van der Waals surface area contributed by atoms with Crippen LogP contribution in [-0.4, -0.2) is 25.8 Å². The molecule has 106 valence electrons. The third-order valence-electron chi connectivity index (χ3n) is 3.90. The van der Waals surface area contributed by atoms with Gasteiger partial charge < -0.3 is 15.4 Å². The fourth-order valence-corrected chi connectivity index (χ4v) is 2.84. The first kappa shape index (κ1) is 14.4. The number of nitrogens with zero attached hydrogens (tertiary/aromatic N) is 1. The van der Waals surface area contributed by atoms with Crippen LogP contribution in [0.3, 0.4) is 0 Å². The summed E-state index contributed by atoms with van der Waals surface area (Å²) >= 11 is 0. The van der Waals surface area contributed by atoms with Gasteiger partial charge in [-0.3, -0.25) is 0 Å². The van der Waals surface area contributed by atoms with Crippen LogP contribution in [0, 0.1) is 0 Å². The van der Waals surface area contributed by atoms with E-state index in [9.17, 15) is 0 Å². The van der Waals surface area contributed by atoms with E-state index in [1.807, 2.05) is 0 Å². The van der Waals surface area contributed by atoms with Crippen molar-refractivity contribution in [1.82, 2.24) is 0 Å². The van der Waals surface area contributed by atoms with E-state index in [1.165, 1.54) is 24.1 Å². The number of hydrogen-bond donors (Lipinski definition) is 1. The molecule has 1 aliphatic heterocycles. The molecule has 2 N–H and O–H groups in total. The van der Waals surface area contributed by atoms with Crippen molar-refractivity contribution in [1.29, 1.82) is 0 Å². The van der Waals surface area contributed by atoms with Crippen molar-refractivity contribution in [2.24, 2.45) is 5.73 Å². The average molecular weight is 262 g/mol. The monoisotopic (exact) mass is 262 g/mol. The molecule has 1 unspecified atom stereocenters. The van der Waals surface area contributed by atoms with Crippen LogP contribution in [-0.2, 0) is 4.74 Å². The molecule has 19 heavy (non-hydrogen) atoms. The number of ether oxygens (including phenoxy) is 1. The summed E-state index contributed by atoms with van der Waals surface area (Å²) in [7, 11) is 0. The molecule has 0 bridgehead atoms. The first-order valence-corrected chi connectivity index (χ1v) is 7.47. The van der Waals surface area contributed by atoms with Crippen molar-refractivity contribution in [3.63, 3.8) is 0 Å². The second kappa shape index (κ2) is 6.92. The van der Waals surface area contributed by atoms with Gasteiger partial charge in [-0.1, -0.05) is 25.1 Å². The molecule has 1 fully saturated rings. The highest BCUT2D eigenvalue weighted by Crippen LogP contribution is 2.29. The Bertz CT molecular complexity index is 392. The summed E-state index contributed by atoms with van der Waals surface area (Å²) in [6.07, 6.45) is 3.71. The van der Waals surface area contributed by atoms with Gasteiger partial charge in [0.1, 0.15) is 0 Å². The summed E-state index contributed by atoms with van der Waals surface area (Å²) in [4.78, 5) is 2.44. The fourth-order valence-electron chi connectivity index (χ4n) is 2.84. The zero-order valence-corrected chi connectivity index (χ0v) is 12.1. The van der Waals surface area contributed by atoms with E-state index in [4.69, 9.17) is 10.5 Å². The molecule has 0 amide bonds. The molecule has 0 aromatic heterocycles. The lowest BCUT2D eigenvalue weighted by Crippen LogP contribution is -2.40. The molecule has 2 atom stereocenters. The van der Waals surface area contributed by atoms with Crippen molar-refractivity contribution < 1.29 is 4.74 Å². The Kier molecular flexibility index (Phi) is 5.23. The van der Waals surface area contributed by atoms with E-state index in [0.29, 0.717) is 6.10 Å². The van der Waals surface area contributed by atoms with Crippen molar-refractivity contribution >= 4 is 5.69 Å². The Morgan fingerprint density at radius 1 is 1.37 bits per heavy atom. The Morgan fingerprint density at radius 2 is 2.16 bits per heavy atom. The number of anilines is 1. The molecule has 1 aromatic carbocycles. The van der Waals surface area contributed by atoms with Gasteiger partial charge in [-0.2, -0.15) is 0 Å². The predicted octanol–water partition coefficient (Wildman–Crippen LogP) is 3.10. The largest absolute Gasteiger partial charge is 0.377 e. The second-order valence-corrected chi connectivity index (χ2v) is 5.24. The molecule has 0 aliphatic carbocycles. The van der Waals surface area contributed by atoms with Gasteiger partial charge in [0.05, 0.1) is 6.10 Å². The van der Waals surface area contributed by atoms with Gasteiger partial charge in [0, 0.05) is 31.4 Å². The van der Waals surface area contributed by atoms with Crippen LogP contribution in [0.25, 0.3) is 0 Å². The maximum absolute atomic E-state index is 6.24. The summed E-state index contributed by atoms with van der Waals surface area (Å²) in [6, 6.07) is 8.67. The van der Waals surface area contributed by atoms with Crippen LogP contribution in [0.5, 0.6) is 0 Å². The van der Waals surface area contributed by atoms with E-state index in [2.05, 4.69) is 43.0 Å². The normalized spacial score (nSPS) is 21.4. The SMILES string of the molecule is CCOC1CCCN(c2ccccc2[C@@H](N)CC)C1. The molecule has 1 saturated heterocycles. The summed E-state index contributed by atoms with van der Waals surface area (Å²) in [5.74, 6) is 0. The number of benzene rings is 1. The van der Waals surface area contributed by atoms with Crippen LogP contribution in [0.4, 0.5) is 5.69 Å². The number of piperidine rings is 1. The highest BCUT2D eigenvalue weighted by atomic mass is 16.5. The van der Waals surface area contributed by atoms with Gasteiger partial charge in [0.15, 0.2) is 0 Å². The van der Waals surface area contributed by atoms with Crippen molar-refractivity contribution in [2.75, 3.05) is 24.6 Å². The summed E-state index contributed by atoms with van der Waals surface area (Å²) in [6.45, 7) is 7.10. The van der Waals surface area contributed by atoms with E-state index in [-0.39, 0.29) is 6.04 Å². The van der Waals surface area contributed by atoms with E-state index in [1.54, 1.807) is 0 Å². The lowest BCUT2D eigenvalue weighted by atomic mass is 10.00.